The fraction of sp³-hybridized carbons (Fsp3) is 0.444. The monoisotopic (exact) mass is 477 g/mol. The van der Waals surface area contributed by atoms with Gasteiger partial charge in [0.15, 0.2) is 0 Å². The van der Waals surface area contributed by atoms with Gasteiger partial charge in [0, 0.05) is 51.4 Å². The van der Waals surface area contributed by atoms with E-state index in [2.05, 4.69) is 17.1 Å². The van der Waals surface area contributed by atoms with Crippen molar-refractivity contribution in [3.63, 3.8) is 0 Å². The molecule has 0 spiro atoms. The Hall–Kier alpha value is -3.39. The first-order valence-electron chi connectivity index (χ1n) is 12.4. The fourth-order valence-corrected chi connectivity index (χ4v) is 4.73. The average molecular weight is 478 g/mol. The molecule has 35 heavy (non-hydrogen) atoms. The van der Waals surface area contributed by atoms with Gasteiger partial charge in [0.1, 0.15) is 0 Å². The van der Waals surface area contributed by atoms with E-state index in [0.29, 0.717) is 45.8 Å². The van der Waals surface area contributed by atoms with Crippen LogP contribution in [0.25, 0.3) is 11.0 Å². The van der Waals surface area contributed by atoms with Gasteiger partial charge in [-0.3, -0.25) is 23.6 Å². The first kappa shape index (κ1) is 24.7. The van der Waals surface area contributed by atoms with Gasteiger partial charge in [0.05, 0.1) is 17.6 Å². The number of benzene rings is 2. The predicted molar refractivity (Wildman–Crippen MR) is 139 cm³/mol. The van der Waals surface area contributed by atoms with E-state index in [0.717, 1.165) is 34.3 Å². The highest BCUT2D eigenvalue weighted by molar-refractivity contribution is 5.93. The summed E-state index contributed by atoms with van der Waals surface area (Å²) in [5, 5.41) is 3.01. The highest BCUT2D eigenvalue weighted by atomic mass is 16.2. The van der Waals surface area contributed by atoms with E-state index in [4.69, 9.17) is 0 Å². The summed E-state index contributed by atoms with van der Waals surface area (Å²) in [5.74, 6) is 0.00466. The number of aryl methyl sites for hydroxylation is 3. The molecule has 2 amide bonds. The Bertz CT molecular complexity index is 1270. The third-order valence-corrected chi connectivity index (χ3v) is 6.89. The molecule has 0 unspecified atom stereocenters. The number of carbonyl (C=O) groups is 2. The molecule has 1 aromatic heterocycles. The zero-order valence-electron chi connectivity index (χ0n) is 20.9. The van der Waals surface area contributed by atoms with Gasteiger partial charge in [0.2, 0.25) is 11.8 Å². The predicted octanol–water partition coefficient (Wildman–Crippen LogP) is 3.00. The molecular weight excluding hydrogens is 442 g/mol. The Kier molecular flexibility index (Phi) is 7.70. The van der Waals surface area contributed by atoms with Crippen molar-refractivity contribution in [2.45, 2.75) is 46.7 Å². The van der Waals surface area contributed by atoms with Crippen LogP contribution in [0, 0.1) is 13.8 Å². The van der Waals surface area contributed by atoms with Crippen LogP contribution in [0.1, 0.15) is 30.9 Å². The molecule has 2 heterocycles. The first-order valence-corrected chi connectivity index (χ1v) is 12.4. The molecule has 0 atom stereocenters. The minimum Gasteiger partial charge on any atom is -0.340 e. The lowest BCUT2D eigenvalue weighted by atomic mass is 10.1. The maximum Gasteiger partial charge on any atom is 0.329 e. The molecule has 1 aliphatic heterocycles. The quantitative estimate of drug-likeness (QED) is 0.541. The van der Waals surface area contributed by atoms with E-state index >= 15 is 0 Å². The number of rotatable bonds is 8. The third kappa shape index (κ3) is 5.48. The maximum absolute atomic E-state index is 12.9. The summed E-state index contributed by atoms with van der Waals surface area (Å²) in [6.07, 6.45) is 1.16. The van der Waals surface area contributed by atoms with Gasteiger partial charge in [-0.2, -0.15) is 0 Å². The Morgan fingerprint density at radius 2 is 1.54 bits per heavy atom. The minimum atomic E-state index is -0.0551. The number of nitrogens with zero attached hydrogens (tertiary/aromatic N) is 4. The Balaban J connectivity index is 1.29. The van der Waals surface area contributed by atoms with Crippen LogP contribution in [0.15, 0.2) is 47.3 Å². The smallest absolute Gasteiger partial charge is 0.329 e. The zero-order chi connectivity index (χ0) is 24.9. The fourth-order valence-electron chi connectivity index (χ4n) is 4.73. The summed E-state index contributed by atoms with van der Waals surface area (Å²) in [4.78, 5) is 42.3. The van der Waals surface area contributed by atoms with E-state index in [9.17, 15) is 14.4 Å². The molecule has 1 saturated heterocycles. The number of anilines is 1. The van der Waals surface area contributed by atoms with E-state index < -0.39 is 0 Å². The molecule has 0 radical (unpaired) electrons. The number of carbonyl (C=O) groups excluding carboxylic acids is 2. The lowest BCUT2D eigenvalue weighted by Gasteiger charge is -2.34. The van der Waals surface area contributed by atoms with Crippen molar-refractivity contribution in [3.05, 3.63) is 64.1 Å². The molecule has 2 aromatic carbocycles. The average Bonchev–Trinajstić information content (AvgIpc) is 3.12. The van der Waals surface area contributed by atoms with Crippen LogP contribution in [0.3, 0.4) is 0 Å². The molecule has 0 aliphatic carbocycles. The maximum atomic E-state index is 12.9. The Labute approximate surface area is 206 Å². The topological polar surface area (TPSA) is 79.6 Å². The summed E-state index contributed by atoms with van der Waals surface area (Å²) in [5.41, 5.74) is 4.80. The minimum absolute atomic E-state index is 0.0404. The van der Waals surface area contributed by atoms with Gasteiger partial charge in [0.25, 0.3) is 0 Å². The molecule has 8 heteroatoms. The van der Waals surface area contributed by atoms with Crippen LogP contribution in [-0.4, -0.2) is 63.5 Å². The number of para-hydroxylation sites is 2. The molecule has 0 bridgehead atoms. The lowest BCUT2D eigenvalue weighted by molar-refractivity contribution is -0.133. The number of hydrogen-bond acceptors (Lipinski definition) is 4. The molecule has 3 aromatic rings. The number of fused-ring (bicyclic) bond motifs is 1. The molecule has 8 nitrogen and oxygen atoms in total. The van der Waals surface area contributed by atoms with Crippen molar-refractivity contribution < 1.29 is 9.59 Å². The molecule has 1 fully saturated rings. The number of amides is 2. The van der Waals surface area contributed by atoms with Crippen molar-refractivity contribution in [3.8, 4) is 0 Å². The standard InChI is InChI=1S/C27H35N5O3/c1-4-13-31-23-10-5-6-11-24(23)32(27(31)35)14-12-26(34)30-17-15-29(16-18-30)19-25(33)28-22-9-7-8-20(2)21(22)3/h5-11H,4,12-19H2,1-3H3,(H,28,33). The van der Waals surface area contributed by atoms with Crippen molar-refractivity contribution in [1.82, 2.24) is 18.9 Å². The van der Waals surface area contributed by atoms with Gasteiger partial charge in [-0.05, 0) is 49.6 Å². The van der Waals surface area contributed by atoms with Crippen LogP contribution < -0.4 is 11.0 Å². The van der Waals surface area contributed by atoms with Gasteiger partial charge < -0.3 is 10.2 Å². The number of piperazine rings is 1. The number of nitrogens with one attached hydrogen (secondary N) is 1. The number of imidazole rings is 1. The van der Waals surface area contributed by atoms with Gasteiger partial charge in [-0.15, -0.1) is 0 Å². The van der Waals surface area contributed by atoms with Crippen molar-refractivity contribution in [2.75, 3.05) is 38.0 Å². The van der Waals surface area contributed by atoms with Crippen LogP contribution in [-0.2, 0) is 22.7 Å². The highest BCUT2D eigenvalue weighted by Gasteiger charge is 2.23. The number of hydrogen-bond donors (Lipinski definition) is 1. The number of aromatic nitrogens is 2. The second-order valence-electron chi connectivity index (χ2n) is 9.28. The Morgan fingerprint density at radius 1 is 0.886 bits per heavy atom. The molecule has 1 aliphatic rings. The van der Waals surface area contributed by atoms with E-state index in [1.165, 1.54) is 0 Å². The third-order valence-electron chi connectivity index (χ3n) is 6.89. The van der Waals surface area contributed by atoms with Crippen molar-refractivity contribution >= 4 is 28.5 Å². The summed E-state index contributed by atoms with van der Waals surface area (Å²) >= 11 is 0. The molecule has 1 N–H and O–H groups in total. The van der Waals surface area contributed by atoms with E-state index in [-0.39, 0.29) is 23.9 Å². The van der Waals surface area contributed by atoms with Gasteiger partial charge in [-0.1, -0.05) is 31.2 Å². The van der Waals surface area contributed by atoms with Crippen molar-refractivity contribution in [1.29, 1.82) is 0 Å². The first-order chi connectivity index (χ1) is 16.9. The largest absolute Gasteiger partial charge is 0.340 e. The van der Waals surface area contributed by atoms with Gasteiger partial charge >= 0.3 is 5.69 Å². The molecule has 0 saturated carbocycles. The van der Waals surface area contributed by atoms with Gasteiger partial charge in [-0.25, -0.2) is 4.79 Å². The molecular formula is C27H35N5O3. The zero-order valence-corrected chi connectivity index (χ0v) is 20.9. The second-order valence-corrected chi connectivity index (χ2v) is 9.28. The lowest BCUT2D eigenvalue weighted by Crippen LogP contribution is -2.50. The van der Waals surface area contributed by atoms with E-state index in [1.807, 2.05) is 61.2 Å². The van der Waals surface area contributed by atoms with Crippen LogP contribution in [0.2, 0.25) is 0 Å². The summed E-state index contributed by atoms with van der Waals surface area (Å²) in [6, 6.07) is 13.6. The highest BCUT2D eigenvalue weighted by Crippen LogP contribution is 2.18. The Morgan fingerprint density at radius 3 is 2.20 bits per heavy atom. The van der Waals surface area contributed by atoms with Crippen LogP contribution >= 0.6 is 0 Å². The summed E-state index contributed by atoms with van der Waals surface area (Å²) in [7, 11) is 0. The van der Waals surface area contributed by atoms with Crippen molar-refractivity contribution in [2.24, 2.45) is 0 Å². The normalized spacial score (nSPS) is 14.4. The molecule has 186 valence electrons. The molecule has 4 rings (SSSR count). The summed E-state index contributed by atoms with van der Waals surface area (Å²) < 4.78 is 3.51. The summed E-state index contributed by atoms with van der Waals surface area (Å²) in [6.45, 7) is 9.91. The van der Waals surface area contributed by atoms with E-state index in [1.54, 1.807) is 9.13 Å². The SMILES string of the molecule is CCCn1c(=O)n(CCC(=O)N2CCN(CC(=O)Nc3cccc(C)c3C)CC2)c2ccccc21. The van der Waals surface area contributed by atoms with Crippen LogP contribution in [0.5, 0.6) is 0 Å². The van der Waals surface area contributed by atoms with Crippen LogP contribution in [0.4, 0.5) is 5.69 Å². The second kappa shape index (κ2) is 10.9.